The lowest BCUT2D eigenvalue weighted by Gasteiger charge is -2.47. The van der Waals surface area contributed by atoms with Crippen molar-refractivity contribution in [2.75, 3.05) is 13.2 Å². The Morgan fingerprint density at radius 2 is 2.06 bits per heavy atom. The molecule has 1 aliphatic carbocycles. The molecule has 3 N–H and O–H groups in total. The van der Waals surface area contributed by atoms with Crippen LogP contribution in [0.15, 0.2) is 18.2 Å². The Labute approximate surface area is 105 Å². The molecule has 0 unspecified atom stereocenters. The van der Waals surface area contributed by atoms with E-state index in [-0.39, 0.29) is 25.1 Å². The van der Waals surface area contributed by atoms with Crippen LogP contribution in [0, 0.1) is 0 Å². The fraction of sp³-hybridized carbons (Fsp3) is 0.538. The molecule has 0 saturated heterocycles. The second kappa shape index (κ2) is 4.39. The topological polar surface area (TPSA) is 55.5 Å². The number of hydrogen-bond donors (Lipinski definition) is 2. The Kier molecular flexibility index (Phi) is 3.19. The van der Waals surface area contributed by atoms with E-state index in [0.717, 1.165) is 0 Å². The van der Waals surface area contributed by atoms with Crippen LogP contribution < -0.4 is 10.5 Å². The van der Waals surface area contributed by atoms with E-state index in [0.29, 0.717) is 17.9 Å². The van der Waals surface area contributed by atoms with Crippen LogP contribution in [0.1, 0.15) is 25.3 Å². The fourth-order valence-corrected chi connectivity index (χ4v) is 2.61. The highest BCUT2D eigenvalue weighted by molar-refractivity contribution is 5.50. The van der Waals surface area contributed by atoms with E-state index in [1.54, 1.807) is 25.1 Å². The predicted octanol–water partition coefficient (Wildman–Crippen LogP) is 2.42. The molecule has 0 radical (unpaired) electrons. The van der Waals surface area contributed by atoms with Crippen molar-refractivity contribution in [1.82, 2.24) is 0 Å². The summed E-state index contributed by atoms with van der Waals surface area (Å²) in [4.78, 5) is 0. The number of hydrogen-bond acceptors (Lipinski definition) is 3. The first-order chi connectivity index (χ1) is 8.44. The fourth-order valence-electron chi connectivity index (χ4n) is 2.61. The van der Waals surface area contributed by atoms with Crippen molar-refractivity contribution in [2.24, 2.45) is 5.73 Å². The third kappa shape index (κ3) is 2.03. The van der Waals surface area contributed by atoms with Crippen LogP contribution >= 0.6 is 0 Å². The Hall–Kier alpha value is -1.36. The number of para-hydroxylation sites is 1. The van der Waals surface area contributed by atoms with E-state index in [1.807, 2.05) is 0 Å². The molecule has 1 fully saturated rings. The summed E-state index contributed by atoms with van der Waals surface area (Å²) in [5.41, 5.74) is 5.26. The first-order valence-corrected chi connectivity index (χ1v) is 5.97. The Bertz CT molecular complexity index is 441. The third-order valence-corrected chi connectivity index (χ3v) is 3.45. The van der Waals surface area contributed by atoms with Gasteiger partial charge in [0.25, 0.3) is 0 Å². The van der Waals surface area contributed by atoms with Gasteiger partial charge in [0.1, 0.15) is 0 Å². The molecule has 0 spiro atoms. The van der Waals surface area contributed by atoms with Gasteiger partial charge in [-0.25, -0.2) is 8.78 Å². The van der Waals surface area contributed by atoms with Gasteiger partial charge >= 0.3 is 0 Å². The van der Waals surface area contributed by atoms with Gasteiger partial charge in [0, 0.05) is 30.4 Å². The molecule has 3 nitrogen and oxygen atoms in total. The molecule has 0 bridgehead atoms. The standard InChI is InChI=1S/C13H17F2NO2/c1-2-18-10-5-3-4-9(11(10)17)12(8-16)6-13(14,15)7-12/h3-5,17H,2,6-8,16H2,1H3. The molecule has 0 amide bonds. The molecular weight excluding hydrogens is 240 g/mol. The van der Waals surface area contributed by atoms with Gasteiger partial charge in [-0.05, 0) is 13.0 Å². The number of benzene rings is 1. The number of phenols is 1. The zero-order valence-electron chi connectivity index (χ0n) is 10.2. The number of ether oxygens (including phenoxy) is 1. The average Bonchev–Trinajstić information content (AvgIpc) is 2.28. The molecule has 0 atom stereocenters. The number of phenolic OH excluding ortho intramolecular Hbond substituents is 1. The lowest BCUT2D eigenvalue weighted by Crippen LogP contribution is -2.53. The van der Waals surface area contributed by atoms with Crippen molar-refractivity contribution >= 4 is 0 Å². The molecule has 100 valence electrons. The van der Waals surface area contributed by atoms with Crippen LogP contribution in [0.5, 0.6) is 11.5 Å². The Morgan fingerprint density at radius 1 is 1.39 bits per heavy atom. The zero-order valence-corrected chi connectivity index (χ0v) is 10.2. The van der Waals surface area contributed by atoms with Gasteiger partial charge in [-0.15, -0.1) is 0 Å². The smallest absolute Gasteiger partial charge is 0.250 e. The van der Waals surface area contributed by atoms with E-state index in [9.17, 15) is 13.9 Å². The summed E-state index contributed by atoms with van der Waals surface area (Å²) < 4.78 is 31.5. The molecule has 1 aromatic carbocycles. The monoisotopic (exact) mass is 257 g/mol. The summed E-state index contributed by atoms with van der Waals surface area (Å²) in [6, 6.07) is 4.94. The molecule has 0 aromatic heterocycles. The van der Waals surface area contributed by atoms with Crippen LogP contribution in [0.3, 0.4) is 0 Å². The average molecular weight is 257 g/mol. The first kappa shape index (κ1) is 13.1. The van der Waals surface area contributed by atoms with Crippen LogP contribution in [-0.4, -0.2) is 24.2 Å². The predicted molar refractivity (Wildman–Crippen MR) is 64.2 cm³/mol. The SMILES string of the molecule is CCOc1cccc(C2(CN)CC(F)(F)C2)c1O. The Balaban J connectivity index is 2.36. The minimum atomic E-state index is -2.69. The first-order valence-electron chi connectivity index (χ1n) is 5.97. The number of rotatable bonds is 4. The molecule has 0 heterocycles. The van der Waals surface area contributed by atoms with Crippen molar-refractivity contribution in [3.63, 3.8) is 0 Å². The summed E-state index contributed by atoms with van der Waals surface area (Å²) in [5, 5.41) is 10.1. The second-order valence-corrected chi connectivity index (χ2v) is 4.78. The molecule has 18 heavy (non-hydrogen) atoms. The Morgan fingerprint density at radius 3 is 2.56 bits per heavy atom. The lowest BCUT2D eigenvalue weighted by molar-refractivity contribution is -0.124. The highest BCUT2D eigenvalue weighted by Crippen LogP contribution is 2.55. The van der Waals surface area contributed by atoms with Crippen LogP contribution in [-0.2, 0) is 5.41 Å². The van der Waals surface area contributed by atoms with E-state index in [2.05, 4.69) is 0 Å². The van der Waals surface area contributed by atoms with E-state index in [4.69, 9.17) is 10.5 Å². The normalized spacial score (nSPS) is 20.2. The number of halogens is 2. The van der Waals surface area contributed by atoms with Crippen molar-refractivity contribution in [3.8, 4) is 11.5 Å². The molecular formula is C13H17F2NO2. The third-order valence-electron chi connectivity index (χ3n) is 3.45. The van der Waals surface area contributed by atoms with Crippen molar-refractivity contribution < 1.29 is 18.6 Å². The minimum absolute atomic E-state index is 0.0692. The maximum absolute atomic E-state index is 13.1. The number of alkyl halides is 2. The maximum Gasteiger partial charge on any atom is 0.250 e. The molecule has 2 rings (SSSR count). The van der Waals surface area contributed by atoms with Gasteiger partial charge in [-0.1, -0.05) is 12.1 Å². The van der Waals surface area contributed by atoms with Gasteiger partial charge in [0.2, 0.25) is 5.92 Å². The zero-order chi connectivity index (χ0) is 13.4. The number of nitrogens with two attached hydrogens (primary N) is 1. The highest BCUT2D eigenvalue weighted by atomic mass is 19.3. The summed E-state index contributed by atoms with van der Waals surface area (Å²) in [6.07, 6.45) is -0.640. The van der Waals surface area contributed by atoms with Gasteiger partial charge in [0.05, 0.1) is 6.61 Å². The maximum atomic E-state index is 13.1. The second-order valence-electron chi connectivity index (χ2n) is 4.78. The van der Waals surface area contributed by atoms with Crippen molar-refractivity contribution in [2.45, 2.75) is 31.1 Å². The van der Waals surface area contributed by atoms with Crippen LogP contribution in [0.2, 0.25) is 0 Å². The summed E-state index contributed by atoms with van der Waals surface area (Å²) in [6.45, 7) is 2.29. The van der Waals surface area contributed by atoms with Crippen molar-refractivity contribution in [1.29, 1.82) is 0 Å². The molecule has 1 aliphatic rings. The molecule has 1 aromatic rings. The van der Waals surface area contributed by atoms with Gasteiger partial charge in [0.15, 0.2) is 11.5 Å². The highest BCUT2D eigenvalue weighted by Gasteiger charge is 2.57. The minimum Gasteiger partial charge on any atom is -0.504 e. The summed E-state index contributed by atoms with van der Waals surface area (Å²) >= 11 is 0. The van der Waals surface area contributed by atoms with Crippen LogP contribution in [0.25, 0.3) is 0 Å². The van der Waals surface area contributed by atoms with Crippen molar-refractivity contribution in [3.05, 3.63) is 23.8 Å². The molecule has 1 saturated carbocycles. The summed E-state index contributed by atoms with van der Waals surface area (Å²) in [7, 11) is 0. The van der Waals surface area contributed by atoms with Crippen LogP contribution in [0.4, 0.5) is 8.78 Å². The van der Waals surface area contributed by atoms with Gasteiger partial charge in [-0.3, -0.25) is 0 Å². The van der Waals surface area contributed by atoms with E-state index >= 15 is 0 Å². The van der Waals surface area contributed by atoms with E-state index < -0.39 is 11.3 Å². The van der Waals surface area contributed by atoms with E-state index in [1.165, 1.54) is 0 Å². The quantitative estimate of drug-likeness (QED) is 0.871. The largest absolute Gasteiger partial charge is 0.504 e. The van der Waals surface area contributed by atoms with Gasteiger partial charge < -0.3 is 15.6 Å². The number of aromatic hydroxyl groups is 1. The lowest BCUT2D eigenvalue weighted by atomic mass is 9.62. The molecule has 0 aliphatic heterocycles. The molecule has 5 heteroatoms. The summed E-state index contributed by atoms with van der Waals surface area (Å²) in [5.74, 6) is -2.44. The van der Waals surface area contributed by atoms with Gasteiger partial charge in [-0.2, -0.15) is 0 Å².